The van der Waals surface area contributed by atoms with E-state index in [-0.39, 0.29) is 12.2 Å². The van der Waals surface area contributed by atoms with Crippen LogP contribution < -0.4 is 0 Å². The second-order valence-corrected chi connectivity index (χ2v) is 4.37. The van der Waals surface area contributed by atoms with E-state index < -0.39 is 0 Å². The number of carbonyl (C=O) groups is 1. The van der Waals surface area contributed by atoms with Crippen molar-refractivity contribution in [3.05, 3.63) is 12.2 Å². The summed E-state index contributed by atoms with van der Waals surface area (Å²) in [5.74, 6) is -0.291. The minimum Gasteiger partial charge on any atom is -0.443 e. The van der Waals surface area contributed by atoms with Gasteiger partial charge in [0, 0.05) is 18.2 Å². The third kappa shape index (κ3) is 3.34. The van der Waals surface area contributed by atoms with Crippen LogP contribution in [0.1, 0.15) is 40.0 Å². The Hall–Kier alpha value is -0.830. The first-order valence-corrected chi connectivity index (χ1v) is 5.64. The van der Waals surface area contributed by atoms with Crippen LogP contribution in [0.25, 0.3) is 0 Å². The lowest BCUT2D eigenvalue weighted by atomic mass is 10.0. The first kappa shape index (κ1) is 12.2. The Bertz CT molecular complexity index is 250. The summed E-state index contributed by atoms with van der Waals surface area (Å²) in [6, 6.07) is 0.506. The summed E-state index contributed by atoms with van der Waals surface area (Å²) in [4.78, 5) is 13.6. The van der Waals surface area contributed by atoms with E-state index in [1.54, 1.807) is 6.92 Å². The maximum absolute atomic E-state index is 11.4. The van der Waals surface area contributed by atoms with Crippen LogP contribution in [-0.4, -0.2) is 29.7 Å². The SMILES string of the molecule is C=C(C)C(=O)OC(C)N1CCCCC1C. The molecule has 0 spiro atoms. The molecule has 0 saturated carbocycles. The molecule has 2 unspecified atom stereocenters. The first-order chi connectivity index (χ1) is 7.02. The topological polar surface area (TPSA) is 29.5 Å². The van der Waals surface area contributed by atoms with Crippen LogP contribution in [0.5, 0.6) is 0 Å². The zero-order chi connectivity index (χ0) is 11.4. The lowest BCUT2D eigenvalue weighted by Crippen LogP contribution is -2.45. The summed E-state index contributed by atoms with van der Waals surface area (Å²) in [5, 5.41) is 0. The number of likely N-dealkylation sites (tertiary alicyclic amines) is 1. The summed E-state index contributed by atoms with van der Waals surface area (Å²) in [6.07, 6.45) is 3.53. The Balaban J connectivity index is 2.48. The molecule has 1 heterocycles. The zero-order valence-electron chi connectivity index (χ0n) is 9.95. The van der Waals surface area contributed by atoms with Crippen molar-refractivity contribution < 1.29 is 9.53 Å². The van der Waals surface area contributed by atoms with Crippen LogP contribution in [0.3, 0.4) is 0 Å². The molecule has 0 aromatic rings. The molecule has 1 saturated heterocycles. The average molecular weight is 211 g/mol. The fourth-order valence-corrected chi connectivity index (χ4v) is 1.98. The van der Waals surface area contributed by atoms with Gasteiger partial charge in [0.05, 0.1) is 0 Å². The fraction of sp³-hybridized carbons (Fsp3) is 0.750. The summed E-state index contributed by atoms with van der Waals surface area (Å²) in [7, 11) is 0. The van der Waals surface area contributed by atoms with E-state index in [2.05, 4.69) is 18.4 Å². The van der Waals surface area contributed by atoms with Gasteiger partial charge >= 0.3 is 5.97 Å². The Morgan fingerprint density at radius 3 is 2.73 bits per heavy atom. The van der Waals surface area contributed by atoms with Gasteiger partial charge < -0.3 is 4.74 Å². The standard InChI is InChI=1S/C12H21NO2/c1-9(2)12(14)15-11(4)13-8-6-5-7-10(13)3/h10-11H,1,5-8H2,2-4H3. The van der Waals surface area contributed by atoms with Gasteiger partial charge in [-0.15, -0.1) is 0 Å². The van der Waals surface area contributed by atoms with Crippen molar-refractivity contribution >= 4 is 5.97 Å². The summed E-state index contributed by atoms with van der Waals surface area (Å²) < 4.78 is 5.31. The van der Waals surface area contributed by atoms with Crippen molar-refractivity contribution in [3.63, 3.8) is 0 Å². The van der Waals surface area contributed by atoms with Gasteiger partial charge in [0.25, 0.3) is 0 Å². The molecular weight excluding hydrogens is 190 g/mol. The zero-order valence-corrected chi connectivity index (χ0v) is 9.95. The normalized spacial score (nSPS) is 24.6. The van der Waals surface area contributed by atoms with Crippen molar-refractivity contribution in [2.75, 3.05) is 6.54 Å². The highest BCUT2D eigenvalue weighted by molar-refractivity contribution is 5.87. The van der Waals surface area contributed by atoms with E-state index in [4.69, 9.17) is 4.74 Å². The van der Waals surface area contributed by atoms with Crippen LogP contribution in [-0.2, 0) is 9.53 Å². The minimum atomic E-state index is -0.291. The first-order valence-electron chi connectivity index (χ1n) is 5.64. The number of carbonyl (C=O) groups excluding carboxylic acids is 1. The Morgan fingerprint density at radius 2 is 2.20 bits per heavy atom. The molecule has 15 heavy (non-hydrogen) atoms. The molecule has 0 N–H and O–H groups in total. The van der Waals surface area contributed by atoms with Crippen molar-refractivity contribution in [3.8, 4) is 0 Å². The van der Waals surface area contributed by atoms with Gasteiger partial charge in [-0.1, -0.05) is 13.0 Å². The van der Waals surface area contributed by atoms with Crippen LogP contribution >= 0.6 is 0 Å². The molecule has 0 aromatic carbocycles. The molecular formula is C12H21NO2. The highest BCUT2D eigenvalue weighted by atomic mass is 16.6. The summed E-state index contributed by atoms with van der Waals surface area (Å²) in [6.45, 7) is 10.4. The molecule has 1 aliphatic heterocycles. The highest BCUT2D eigenvalue weighted by Gasteiger charge is 2.25. The van der Waals surface area contributed by atoms with Gasteiger partial charge in [-0.3, -0.25) is 4.90 Å². The second-order valence-electron chi connectivity index (χ2n) is 4.37. The fourth-order valence-electron chi connectivity index (χ4n) is 1.98. The van der Waals surface area contributed by atoms with Crippen LogP contribution in [0.4, 0.5) is 0 Å². The molecule has 0 aliphatic carbocycles. The third-order valence-corrected chi connectivity index (χ3v) is 2.95. The molecule has 0 amide bonds. The maximum Gasteiger partial charge on any atom is 0.334 e. The van der Waals surface area contributed by atoms with E-state index >= 15 is 0 Å². The van der Waals surface area contributed by atoms with E-state index in [1.807, 2.05) is 6.92 Å². The van der Waals surface area contributed by atoms with Crippen molar-refractivity contribution in [1.29, 1.82) is 0 Å². The highest BCUT2D eigenvalue weighted by Crippen LogP contribution is 2.19. The molecule has 0 aromatic heterocycles. The van der Waals surface area contributed by atoms with Gasteiger partial charge in [0.1, 0.15) is 0 Å². The van der Waals surface area contributed by atoms with Crippen LogP contribution in [0, 0.1) is 0 Å². The molecule has 1 aliphatic rings. The Morgan fingerprint density at radius 1 is 1.53 bits per heavy atom. The molecule has 3 heteroatoms. The molecule has 1 fully saturated rings. The predicted molar refractivity (Wildman–Crippen MR) is 60.4 cm³/mol. The van der Waals surface area contributed by atoms with E-state index in [0.29, 0.717) is 11.6 Å². The number of esters is 1. The van der Waals surface area contributed by atoms with Gasteiger partial charge in [-0.2, -0.15) is 0 Å². The Kier molecular flexibility index (Phi) is 4.33. The predicted octanol–water partition coefficient (Wildman–Crippen LogP) is 2.33. The minimum absolute atomic E-state index is 0.135. The van der Waals surface area contributed by atoms with Gasteiger partial charge in [0.2, 0.25) is 0 Å². The van der Waals surface area contributed by atoms with Crippen molar-refractivity contribution in [2.45, 2.75) is 52.3 Å². The number of rotatable bonds is 3. The number of hydrogen-bond donors (Lipinski definition) is 0. The molecule has 1 rings (SSSR count). The van der Waals surface area contributed by atoms with Crippen molar-refractivity contribution in [1.82, 2.24) is 4.90 Å². The lowest BCUT2D eigenvalue weighted by molar-refractivity contribution is -0.155. The van der Waals surface area contributed by atoms with E-state index in [0.717, 1.165) is 6.54 Å². The second kappa shape index (κ2) is 5.31. The smallest absolute Gasteiger partial charge is 0.334 e. The average Bonchev–Trinajstić information content (AvgIpc) is 2.18. The Labute approximate surface area is 92.1 Å². The van der Waals surface area contributed by atoms with Gasteiger partial charge in [0.15, 0.2) is 6.23 Å². The van der Waals surface area contributed by atoms with E-state index in [1.165, 1.54) is 19.3 Å². The lowest BCUT2D eigenvalue weighted by Gasteiger charge is -2.37. The molecule has 2 atom stereocenters. The van der Waals surface area contributed by atoms with Crippen LogP contribution in [0.2, 0.25) is 0 Å². The largest absolute Gasteiger partial charge is 0.443 e. The maximum atomic E-state index is 11.4. The van der Waals surface area contributed by atoms with Gasteiger partial charge in [-0.25, -0.2) is 4.79 Å². The summed E-state index contributed by atoms with van der Waals surface area (Å²) >= 11 is 0. The third-order valence-electron chi connectivity index (χ3n) is 2.95. The molecule has 0 bridgehead atoms. The number of ether oxygens (including phenoxy) is 1. The van der Waals surface area contributed by atoms with Crippen LogP contribution in [0.15, 0.2) is 12.2 Å². The number of nitrogens with zero attached hydrogens (tertiary/aromatic N) is 1. The molecule has 3 nitrogen and oxygen atoms in total. The van der Waals surface area contributed by atoms with Crippen molar-refractivity contribution in [2.24, 2.45) is 0 Å². The van der Waals surface area contributed by atoms with Gasteiger partial charge in [-0.05, 0) is 33.6 Å². The summed E-state index contributed by atoms with van der Waals surface area (Å²) in [5.41, 5.74) is 0.464. The quantitative estimate of drug-likeness (QED) is 0.530. The van der Waals surface area contributed by atoms with E-state index in [9.17, 15) is 4.79 Å². The monoisotopic (exact) mass is 211 g/mol. The molecule has 0 radical (unpaired) electrons. The number of piperidine rings is 1. The number of hydrogen-bond acceptors (Lipinski definition) is 3. The molecule has 86 valence electrons.